The molecule has 114 valence electrons. The van der Waals surface area contributed by atoms with Crippen molar-refractivity contribution in [1.82, 2.24) is 4.98 Å². The Balaban J connectivity index is 1.95. The van der Waals surface area contributed by atoms with E-state index in [-0.39, 0.29) is 13.0 Å². The highest BCUT2D eigenvalue weighted by atomic mass is 19.4. The van der Waals surface area contributed by atoms with Crippen molar-refractivity contribution in [3.63, 3.8) is 0 Å². The van der Waals surface area contributed by atoms with Crippen molar-refractivity contribution in [3.05, 3.63) is 22.7 Å². The van der Waals surface area contributed by atoms with Crippen molar-refractivity contribution in [2.75, 3.05) is 23.7 Å². The summed E-state index contributed by atoms with van der Waals surface area (Å²) in [5, 5.41) is 0. The van der Waals surface area contributed by atoms with Crippen LogP contribution in [-0.2, 0) is 0 Å². The van der Waals surface area contributed by atoms with Crippen LogP contribution in [0.2, 0.25) is 0 Å². The predicted octanol–water partition coefficient (Wildman–Crippen LogP) is 2.48. The van der Waals surface area contributed by atoms with Crippen molar-refractivity contribution in [3.8, 4) is 0 Å². The van der Waals surface area contributed by atoms with Crippen LogP contribution in [0.25, 0.3) is 11.1 Å². The molecule has 3 N–H and O–H groups in total. The molecule has 2 aromatic rings. The molecule has 3 rings (SSSR count). The summed E-state index contributed by atoms with van der Waals surface area (Å²) >= 11 is 0. The Morgan fingerprint density at radius 3 is 2.86 bits per heavy atom. The molecule has 5 nitrogen and oxygen atoms in total. The molecule has 1 aliphatic rings. The van der Waals surface area contributed by atoms with E-state index in [9.17, 15) is 18.0 Å². The van der Waals surface area contributed by atoms with E-state index in [1.165, 1.54) is 6.07 Å². The number of piperidine rings is 1. The van der Waals surface area contributed by atoms with Gasteiger partial charge in [0.15, 0.2) is 5.58 Å². The molecule has 21 heavy (non-hydrogen) atoms. The van der Waals surface area contributed by atoms with Crippen LogP contribution < -0.4 is 16.4 Å². The number of nitrogens with two attached hydrogens (primary N) is 1. The van der Waals surface area contributed by atoms with Gasteiger partial charge in [0.25, 0.3) is 0 Å². The van der Waals surface area contributed by atoms with Gasteiger partial charge in [-0.1, -0.05) is 0 Å². The molecular weight excluding hydrogens is 287 g/mol. The molecule has 1 atom stereocenters. The van der Waals surface area contributed by atoms with Crippen LogP contribution >= 0.6 is 0 Å². The van der Waals surface area contributed by atoms with Crippen molar-refractivity contribution in [2.24, 2.45) is 5.92 Å². The summed E-state index contributed by atoms with van der Waals surface area (Å²) in [7, 11) is 0. The Morgan fingerprint density at radius 1 is 1.38 bits per heavy atom. The highest BCUT2D eigenvalue weighted by Gasteiger charge is 2.42. The predicted molar refractivity (Wildman–Crippen MR) is 72.2 cm³/mol. The Bertz CT molecular complexity index is 720. The molecule has 1 aliphatic heterocycles. The van der Waals surface area contributed by atoms with Gasteiger partial charge in [-0.2, -0.15) is 13.2 Å². The zero-order chi connectivity index (χ0) is 15.2. The molecule has 0 bridgehead atoms. The second kappa shape index (κ2) is 4.71. The summed E-state index contributed by atoms with van der Waals surface area (Å²) in [6.45, 7) is 0.381. The van der Waals surface area contributed by atoms with E-state index in [0.717, 1.165) is 0 Å². The first-order valence-corrected chi connectivity index (χ1v) is 6.58. The van der Waals surface area contributed by atoms with Crippen LogP contribution in [0.3, 0.4) is 0 Å². The summed E-state index contributed by atoms with van der Waals surface area (Å²) in [6.07, 6.45) is -3.63. The van der Waals surface area contributed by atoms with E-state index in [1.54, 1.807) is 11.0 Å². The number of aromatic nitrogens is 1. The smallest absolute Gasteiger partial charge is 0.408 e. The number of hydrogen-bond acceptors (Lipinski definition) is 4. The first-order valence-electron chi connectivity index (χ1n) is 6.58. The first-order chi connectivity index (χ1) is 9.84. The second-order valence-corrected chi connectivity index (χ2v) is 5.25. The van der Waals surface area contributed by atoms with Crippen LogP contribution in [0, 0.1) is 5.92 Å². The normalized spacial score (nSPS) is 20.1. The lowest BCUT2D eigenvalue weighted by Gasteiger charge is -2.35. The quantitative estimate of drug-likeness (QED) is 0.794. The summed E-state index contributed by atoms with van der Waals surface area (Å²) < 4.78 is 43.5. The number of oxazole rings is 1. The molecule has 1 aromatic carbocycles. The van der Waals surface area contributed by atoms with Gasteiger partial charge in [-0.05, 0) is 18.9 Å². The Labute approximate surface area is 117 Å². The maximum Gasteiger partial charge on any atom is 0.417 e. The van der Waals surface area contributed by atoms with Crippen LogP contribution in [0.15, 0.2) is 21.3 Å². The number of alkyl halides is 3. The molecular formula is C13H14F3N3O2. The van der Waals surface area contributed by atoms with Gasteiger partial charge in [-0.15, -0.1) is 0 Å². The standard InChI is InChI=1S/C13H14F3N3O2/c14-13(15,16)7-2-1-3-19(6-7)10-5-9-11(4-8(10)17)21-12(20)18-9/h4-5,7H,1-3,6,17H2,(H,18,20). The fraction of sp³-hybridized carbons (Fsp3) is 0.462. The number of nitrogens with one attached hydrogen (secondary N) is 1. The maximum atomic E-state index is 12.9. The number of H-pyrrole nitrogens is 1. The minimum absolute atomic E-state index is 0.124. The van der Waals surface area contributed by atoms with E-state index in [1.807, 2.05) is 0 Å². The molecule has 0 radical (unpaired) electrons. The Morgan fingerprint density at radius 2 is 2.14 bits per heavy atom. The minimum Gasteiger partial charge on any atom is -0.408 e. The van der Waals surface area contributed by atoms with Gasteiger partial charge in [-0.25, -0.2) is 4.79 Å². The highest BCUT2D eigenvalue weighted by molar-refractivity contribution is 5.85. The van der Waals surface area contributed by atoms with Crippen molar-refractivity contribution < 1.29 is 17.6 Å². The maximum absolute atomic E-state index is 12.9. The van der Waals surface area contributed by atoms with E-state index in [2.05, 4.69) is 4.98 Å². The first kappa shape index (κ1) is 13.8. The average Bonchev–Trinajstić information content (AvgIpc) is 2.76. The number of aromatic amines is 1. The lowest BCUT2D eigenvalue weighted by atomic mass is 9.97. The third-order valence-electron chi connectivity index (χ3n) is 3.79. The van der Waals surface area contributed by atoms with Gasteiger partial charge in [0.2, 0.25) is 0 Å². The van der Waals surface area contributed by atoms with Crippen LogP contribution in [-0.4, -0.2) is 24.2 Å². The van der Waals surface area contributed by atoms with Gasteiger partial charge < -0.3 is 15.1 Å². The van der Waals surface area contributed by atoms with Gasteiger partial charge in [0.1, 0.15) is 0 Å². The molecule has 8 heteroatoms. The monoisotopic (exact) mass is 301 g/mol. The third-order valence-corrected chi connectivity index (χ3v) is 3.79. The van der Waals surface area contributed by atoms with Crippen LogP contribution in [0.1, 0.15) is 12.8 Å². The highest BCUT2D eigenvalue weighted by Crippen LogP contribution is 2.37. The molecule has 1 saturated heterocycles. The fourth-order valence-corrected chi connectivity index (χ4v) is 2.74. The summed E-state index contributed by atoms with van der Waals surface area (Å²) in [5.41, 5.74) is 7.40. The summed E-state index contributed by atoms with van der Waals surface area (Å²) in [5.74, 6) is -1.97. The molecule has 0 saturated carbocycles. The van der Waals surface area contributed by atoms with Crippen molar-refractivity contribution in [2.45, 2.75) is 19.0 Å². The number of nitrogens with zero attached hydrogens (tertiary/aromatic N) is 1. The van der Waals surface area contributed by atoms with Crippen molar-refractivity contribution in [1.29, 1.82) is 0 Å². The topological polar surface area (TPSA) is 75.3 Å². The third kappa shape index (κ3) is 2.57. The van der Waals surface area contributed by atoms with Crippen molar-refractivity contribution >= 4 is 22.5 Å². The van der Waals surface area contributed by atoms with Crippen LogP contribution in [0.5, 0.6) is 0 Å². The number of hydrogen-bond donors (Lipinski definition) is 2. The number of fused-ring (bicyclic) bond motifs is 1. The number of rotatable bonds is 1. The van der Waals surface area contributed by atoms with Gasteiger partial charge in [-0.3, -0.25) is 4.98 Å². The Hall–Kier alpha value is -2.12. The number of benzene rings is 1. The minimum atomic E-state index is -4.21. The lowest BCUT2D eigenvalue weighted by molar-refractivity contribution is -0.175. The van der Waals surface area contributed by atoms with E-state index in [0.29, 0.717) is 35.4 Å². The second-order valence-electron chi connectivity index (χ2n) is 5.25. The number of nitrogen functional groups attached to an aromatic ring is 1. The van der Waals surface area contributed by atoms with E-state index >= 15 is 0 Å². The van der Waals surface area contributed by atoms with Gasteiger partial charge in [0.05, 0.1) is 22.8 Å². The molecule has 0 aliphatic carbocycles. The molecule has 2 heterocycles. The largest absolute Gasteiger partial charge is 0.417 e. The van der Waals surface area contributed by atoms with E-state index < -0.39 is 17.9 Å². The molecule has 1 unspecified atom stereocenters. The van der Waals surface area contributed by atoms with Gasteiger partial charge >= 0.3 is 11.9 Å². The molecule has 1 aromatic heterocycles. The SMILES string of the molecule is Nc1cc2oc(=O)[nH]c2cc1N1CCCC(C(F)(F)F)C1. The lowest BCUT2D eigenvalue weighted by Crippen LogP contribution is -2.42. The summed E-state index contributed by atoms with van der Waals surface area (Å²) in [4.78, 5) is 15.2. The van der Waals surface area contributed by atoms with Gasteiger partial charge in [0, 0.05) is 19.2 Å². The fourth-order valence-electron chi connectivity index (χ4n) is 2.74. The molecule has 1 fully saturated rings. The summed E-state index contributed by atoms with van der Waals surface area (Å²) in [6, 6.07) is 3.02. The molecule has 0 amide bonds. The molecule has 0 spiro atoms. The zero-order valence-corrected chi connectivity index (χ0v) is 11.0. The van der Waals surface area contributed by atoms with E-state index in [4.69, 9.17) is 10.2 Å². The average molecular weight is 301 g/mol. The Kier molecular flexibility index (Phi) is 3.11. The zero-order valence-electron chi connectivity index (χ0n) is 11.0. The van der Waals surface area contributed by atoms with Crippen LogP contribution in [0.4, 0.5) is 24.5 Å². The number of anilines is 2. The number of halogens is 3.